The molecule has 3 amide bonds. The first kappa shape index (κ1) is 26.4. The minimum Gasteiger partial charge on any atom is -0.382 e. The first-order valence-corrected chi connectivity index (χ1v) is 11.2. The van der Waals surface area contributed by atoms with Crippen LogP contribution in [0.2, 0.25) is 0 Å². The summed E-state index contributed by atoms with van der Waals surface area (Å²) in [7, 11) is 1.60. The fourth-order valence-electron chi connectivity index (χ4n) is 2.46. The molecule has 0 fully saturated rings. The molecule has 30 heavy (non-hydrogen) atoms. The second kappa shape index (κ2) is 14.4. The van der Waals surface area contributed by atoms with E-state index in [2.05, 4.69) is 28.6 Å². The van der Waals surface area contributed by atoms with Crippen LogP contribution in [0.15, 0.2) is 17.5 Å². The second-order valence-corrected chi connectivity index (χ2v) is 9.05. The molecule has 1 aromatic heterocycles. The fraction of sp³-hybridized carbons (Fsp3) is 0.650. The summed E-state index contributed by atoms with van der Waals surface area (Å²) in [5, 5.41) is 9.90. The molecule has 1 aromatic rings. The predicted octanol–water partition coefficient (Wildman–Crippen LogP) is 1.88. The van der Waals surface area contributed by atoms with Crippen molar-refractivity contribution in [3.05, 3.63) is 22.4 Å². The van der Waals surface area contributed by atoms with Crippen molar-refractivity contribution in [1.82, 2.24) is 16.0 Å². The molecular weight excluding hydrogens is 426 g/mol. The van der Waals surface area contributed by atoms with Gasteiger partial charge in [-0.1, -0.05) is 19.9 Å². The van der Waals surface area contributed by atoms with Crippen LogP contribution < -0.4 is 16.0 Å². The number of thiol groups is 1. The van der Waals surface area contributed by atoms with Gasteiger partial charge in [0.15, 0.2) is 0 Å². The van der Waals surface area contributed by atoms with Crippen molar-refractivity contribution in [3.8, 4) is 0 Å². The largest absolute Gasteiger partial charge is 0.382 e. The highest BCUT2D eigenvalue weighted by molar-refractivity contribution is 7.80. The lowest BCUT2D eigenvalue weighted by atomic mass is 9.89. The van der Waals surface area contributed by atoms with Crippen molar-refractivity contribution in [2.45, 2.75) is 38.5 Å². The number of rotatable bonds is 15. The lowest BCUT2D eigenvalue weighted by Gasteiger charge is -2.24. The van der Waals surface area contributed by atoms with Crippen LogP contribution in [0.5, 0.6) is 0 Å². The summed E-state index contributed by atoms with van der Waals surface area (Å²) in [5.74, 6) is -0.556. The Bertz CT molecular complexity index is 653. The number of carbonyl (C=O) groups is 3. The van der Waals surface area contributed by atoms with Gasteiger partial charge in [-0.25, -0.2) is 0 Å². The van der Waals surface area contributed by atoms with Crippen LogP contribution in [-0.4, -0.2) is 57.7 Å². The maximum atomic E-state index is 12.1. The van der Waals surface area contributed by atoms with Crippen molar-refractivity contribution in [3.63, 3.8) is 0 Å². The van der Waals surface area contributed by atoms with Gasteiger partial charge in [0.05, 0.1) is 19.8 Å². The third-order valence-corrected chi connectivity index (χ3v) is 5.61. The predicted molar refractivity (Wildman–Crippen MR) is 121 cm³/mol. The number of amides is 3. The molecule has 0 aromatic carbocycles. The third-order valence-electron chi connectivity index (χ3n) is 4.09. The molecule has 0 aliphatic heterocycles. The van der Waals surface area contributed by atoms with Gasteiger partial charge in [-0.15, -0.1) is 24.0 Å². The second-order valence-electron chi connectivity index (χ2n) is 7.56. The Balaban J connectivity index is 2.19. The van der Waals surface area contributed by atoms with Gasteiger partial charge in [-0.2, -0.15) is 0 Å². The van der Waals surface area contributed by atoms with Crippen molar-refractivity contribution in [1.29, 1.82) is 0 Å². The van der Waals surface area contributed by atoms with Gasteiger partial charge >= 0.3 is 0 Å². The van der Waals surface area contributed by atoms with Crippen molar-refractivity contribution in [2.24, 2.45) is 5.41 Å². The lowest BCUT2D eigenvalue weighted by Crippen LogP contribution is -2.38. The summed E-state index contributed by atoms with van der Waals surface area (Å²) in [5.41, 5.74) is -0.408. The van der Waals surface area contributed by atoms with Gasteiger partial charge in [0, 0.05) is 44.3 Å². The quantitative estimate of drug-likeness (QED) is 0.182. The minimum absolute atomic E-state index is 0.0812. The Hall–Kier alpha value is -1.62. The molecule has 170 valence electrons. The first-order chi connectivity index (χ1) is 14.2. The highest BCUT2D eigenvalue weighted by Crippen LogP contribution is 2.22. The standard InChI is InChI=1S/C20H33N3O5S2/c1-20(2,13-18(26)21-8-9-28-11-10-27-3)14-22-16(24)6-7-17(25)23-19(29)15-5-4-12-30-15/h4-5,12,19,29H,6-11,13-14H2,1-3H3,(H,21,26)(H,22,24)(H,23,25)/t19-/m0/s1. The summed E-state index contributed by atoms with van der Waals surface area (Å²) in [6.07, 6.45) is 0.435. The van der Waals surface area contributed by atoms with E-state index in [0.717, 1.165) is 4.88 Å². The Morgan fingerprint density at radius 3 is 2.50 bits per heavy atom. The highest BCUT2D eigenvalue weighted by atomic mass is 32.1. The van der Waals surface area contributed by atoms with E-state index >= 15 is 0 Å². The van der Waals surface area contributed by atoms with Gasteiger partial charge in [-0.3, -0.25) is 14.4 Å². The molecule has 1 atom stereocenters. The molecule has 0 saturated heterocycles. The van der Waals surface area contributed by atoms with Crippen LogP contribution in [-0.2, 0) is 23.9 Å². The average Bonchev–Trinajstić information content (AvgIpc) is 3.22. The fourth-order valence-corrected chi connectivity index (χ4v) is 3.53. The molecule has 0 unspecified atom stereocenters. The van der Waals surface area contributed by atoms with Crippen molar-refractivity contribution in [2.75, 3.05) is 40.0 Å². The molecule has 0 spiro atoms. The van der Waals surface area contributed by atoms with Gasteiger partial charge in [-0.05, 0) is 16.9 Å². The van der Waals surface area contributed by atoms with Gasteiger partial charge in [0.1, 0.15) is 5.37 Å². The molecule has 10 heteroatoms. The van der Waals surface area contributed by atoms with E-state index < -0.39 is 5.41 Å². The van der Waals surface area contributed by atoms with E-state index in [1.807, 2.05) is 31.4 Å². The van der Waals surface area contributed by atoms with Crippen molar-refractivity contribution < 1.29 is 23.9 Å². The summed E-state index contributed by atoms with van der Waals surface area (Å²) < 4.78 is 10.2. The zero-order valence-electron chi connectivity index (χ0n) is 17.9. The van der Waals surface area contributed by atoms with Gasteiger partial charge in [0.25, 0.3) is 0 Å². The topological polar surface area (TPSA) is 106 Å². The van der Waals surface area contributed by atoms with Crippen molar-refractivity contribution >= 4 is 41.7 Å². The molecule has 1 heterocycles. The van der Waals surface area contributed by atoms with E-state index in [0.29, 0.717) is 32.9 Å². The molecule has 0 saturated carbocycles. The number of methoxy groups -OCH3 is 1. The molecule has 8 nitrogen and oxygen atoms in total. The van der Waals surface area contributed by atoms with Crippen LogP contribution in [0, 0.1) is 5.41 Å². The molecule has 0 aliphatic rings. The Morgan fingerprint density at radius 1 is 1.10 bits per heavy atom. The first-order valence-electron chi connectivity index (χ1n) is 9.84. The summed E-state index contributed by atoms with van der Waals surface area (Å²) >= 11 is 5.86. The molecule has 3 N–H and O–H groups in total. The van der Waals surface area contributed by atoms with Crippen LogP contribution in [0.1, 0.15) is 43.4 Å². The number of carbonyl (C=O) groups excluding carboxylic acids is 3. The number of nitrogens with one attached hydrogen (secondary N) is 3. The van der Waals surface area contributed by atoms with Gasteiger partial charge in [0.2, 0.25) is 17.7 Å². The van der Waals surface area contributed by atoms with E-state index in [1.165, 1.54) is 11.3 Å². The zero-order chi connectivity index (χ0) is 22.4. The van der Waals surface area contributed by atoms with Crippen LogP contribution in [0.4, 0.5) is 0 Å². The average molecular weight is 460 g/mol. The molecule has 0 aliphatic carbocycles. The molecule has 1 rings (SSSR count). The maximum Gasteiger partial charge on any atom is 0.221 e. The zero-order valence-corrected chi connectivity index (χ0v) is 19.6. The van der Waals surface area contributed by atoms with Crippen LogP contribution in [0.3, 0.4) is 0 Å². The Kier molecular flexibility index (Phi) is 12.7. The number of hydrogen-bond acceptors (Lipinski definition) is 7. The number of ether oxygens (including phenoxy) is 2. The Morgan fingerprint density at radius 2 is 1.83 bits per heavy atom. The van der Waals surface area contributed by atoms with E-state index in [1.54, 1.807) is 7.11 Å². The van der Waals surface area contributed by atoms with E-state index in [4.69, 9.17) is 9.47 Å². The normalized spacial score (nSPS) is 12.3. The van der Waals surface area contributed by atoms with Gasteiger partial charge < -0.3 is 25.4 Å². The number of hydrogen-bond donors (Lipinski definition) is 4. The lowest BCUT2D eigenvalue weighted by molar-refractivity contribution is -0.127. The Labute approximate surface area is 187 Å². The summed E-state index contributed by atoms with van der Waals surface area (Å²) in [6.45, 7) is 6.01. The van der Waals surface area contributed by atoms with Crippen LogP contribution in [0.25, 0.3) is 0 Å². The molecule has 0 radical (unpaired) electrons. The SMILES string of the molecule is COCCOCCNC(=O)CC(C)(C)CNC(=O)CCC(=O)N[C@@H](S)c1cccs1. The number of thiophene rings is 1. The summed E-state index contributed by atoms with van der Waals surface area (Å²) in [6, 6.07) is 3.78. The summed E-state index contributed by atoms with van der Waals surface area (Å²) in [4.78, 5) is 37.0. The molecular formula is C20H33N3O5S2. The highest BCUT2D eigenvalue weighted by Gasteiger charge is 2.23. The maximum absolute atomic E-state index is 12.1. The minimum atomic E-state index is -0.408. The van der Waals surface area contributed by atoms with E-state index in [-0.39, 0.29) is 42.4 Å². The van der Waals surface area contributed by atoms with Crippen LogP contribution >= 0.6 is 24.0 Å². The molecule has 0 bridgehead atoms. The smallest absolute Gasteiger partial charge is 0.221 e. The monoisotopic (exact) mass is 459 g/mol. The third kappa shape index (κ3) is 12.2. The van der Waals surface area contributed by atoms with E-state index in [9.17, 15) is 14.4 Å².